The van der Waals surface area contributed by atoms with Gasteiger partial charge in [-0.15, -0.1) is 11.3 Å². The fraction of sp³-hybridized carbons (Fsp3) is 0.312. The van der Waals surface area contributed by atoms with Gasteiger partial charge in [-0.05, 0) is 47.5 Å². The number of benzene rings is 1. The van der Waals surface area contributed by atoms with Crippen LogP contribution in [0, 0.1) is 13.8 Å². The first kappa shape index (κ1) is 18.7. The molecule has 128 valence electrons. The van der Waals surface area contributed by atoms with Gasteiger partial charge in [-0.1, -0.05) is 13.8 Å². The zero-order valence-electron chi connectivity index (χ0n) is 13.6. The van der Waals surface area contributed by atoms with Gasteiger partial charge in [0.15, 0.2) is 0 Å². The van der Waals surface area contributed by atoms with Crippen molar-refractivity contribution in [3.05, 3.63) is 33.4 Å². The maximum atomic E-state index is 12.3. The van der Waals surface area contributed by atoms with Crippen LogP contribution < -0.4 is 4.74 Å². The highest BCUT2D eigenvalue weighted by molar-refractivity contribution is 9.11. The summed E-state index contributed by atoms with van der Waals surface area (Å²) in [6, 6.07) is 3.73. The van der Waals surface area contributed by atoms with E-state index in [0.717, 1.165) is 25.6 Å². The Kier molecular flexibility index (Phi) is 6.17. The Morgan fingerprint density at radius 1 is 1.17 bits per heavy atom. The number of hydrogen-bond acceptors (Lipinski definition) is 5. The Labute approximate surface area is 151 Å². The molecule has 0 radical (unpaired) electrons. The van der Waals surface area contributed by atoms with Crippen LogP contribution in [0.15, 0.2) is 22.1 Å². The van der Waals surface area contributed by atoms with Gasteiger partial charge in [0.2, 0.25) is 5.88 Å². The number of rotatable bonds is 3. The van der Waals surface area contributed by atoms with Crippen molar-refractivity contribution in [2.24, 2.45) is 0 Å². The first-order valence-corrected chi connectivity index (χ1v) is 8.90. The van der Waals surface area contributed by atoms with Crippen molar-refractivity contribution in [1.82, 2.24) is 15.0 Å². The molecule has 0 atom stereocenters. The molecular weight excluding hydrogens is 400 g/mol. The Balaban J connectivity index is 0.00000100. The lowest BCUT2D eigenvalue weighted by atomic mass is 10.1. The zero-order chi connectivity index (χ0) is 17.9. The molecule has 3 aromatic rings. The van der Waals surface area contributed by atoms with E-state index in [-0.39, 0.29) is 5.88 Å². The SMILES string of the molecule is CC.Cc1cc(-c2nc(C)c(Br)s2)c2ncc(OC(F)F)nc2c1. The van der Waals surface area contributed by atoms with E-state index in [4.69, 9.17) is 0 Å². The molecule has 24 heavy (non-hydrogen) atoms. The zero-order valence-corrected chi connectivity index (χ0v) is 16.0. The van der Waals surface area contributed by atoms with Crippen LogP contribution in [0.4, 0.5) is 8.78 Å². The van der Waals surface area contributed by atoms with Crippen LogP contribution in [-0.4, -0.2) is 21.6 Å². The van der Waals surface area contributed by atoms with Crippen LogP contribution in [-0.2, 0) is 0 Å². The van der Waals surface area contributed by atoms with Crippen molar-refractivity contribution in [1.29, 1.82) is 0 Å². The standard InChI is InChI=1S/C14H10BrF2N3OS.C2H6/c1-6-3-8(13-19-7(2)12(15)22-13)11-9(4-6)20-10(5-18-11)21-14(16)17;1-2/h3-5,14H,1-2H3;1-2H3. The molecule has 0 spiro atoms. The van der Waals surface area contributed by atoms with Crippen molar-refractivity contribution in [2.75, 3.05) is 0 Å². The Morgan fingerprint density at radius 3 is 2.46 bits per heavy atom. The topological polar surface area (TPSA) is 47.9 Å². The molecule has 0 fully saturated rings. The number of ether oxygens (including phenoxy) is 1. The molecule has 0 bridgehead atoms. The Morgan fingerprint density at radius 2 is 1.88 bits per heavy atom. The molecule has 0 saturated carbocycles. The van der Waals surface area contributed by atoms with E-state index in [1.54, 1.807) is 6.07 Å². The number of hydrogen-bond donors (Lipinski definition) is 0. The van der Waals surface area contributed by atoms with Crippen molar-refractivity contribution >= 4 is 38.3 Å². The van der Waals surface area contributed by atoms with Gasteiger partial charge in [-0.2, -0.15) is 8.78 Å². The van der Waals surface area contributed by atoms with Gasteiger partial charge in [0.1, 0.15) is 5.01 Å². The molecule has 4 nitrogen and oxygen atoms in total. The van der Waals surface area contributed by atoms with Crippen molar-refractivity contribution < 1.29 is 13.5 Å². The van der Waals surface area contributed by atoms with E-state index in [0.29, 0.717) is 11.0 Å². The van der Waals surface area contributed by atoms with E-state index >= 15 is 0 Å². The van der Waals surface area contributed by atoms with Crippen molar-refractivity contribution in [3.63, 3.8) is 0 Å². The molecule has 0 unspecified atom stereocenters. The van der Waals surface area contributed by atoms with Gasteiger partial charge in [-0.3, -0.25) is 0 Å². The number of thiazole rings is 1. The fourth-order valence-electron chi connectivity index (χ4n) is 2.05. The minimum absolute atomic E-state index is 0.199. The lowest BCUT2D eigenvalue weighted by Crippen LogP contribution is -2.04. The average Bonchev–Trinajstić information content (AvgIpc) is 2.87. The van der Waals surface area contributed by atoms with Gasteiger partial charge >= 0.3 is 6.61 Å². The van der Waals surface area contributed by atoms with E-state index < -0.39 is 6.61 Å². The molecule has 0 amide bonds. The molecule has 2 aromatic heterocycles. The first-order valence-electron chi connectivity index (χ1n) is 7.29. The second kappa shape index (κ2) is 7.94. The third-order valence-corrected chi connectivity index (χ3v) is 4.99. The van der Waals surface area contributed by atoms with Crippen LogP contribution in [0.5, 0.6) is 5.88 Å². The summed E-state index contributed by atoms with van der Waals surface area (Å²) in [6.07, 6.45) is 1.20. The predicted octanol–water partition coefficient (Wildman–Crippen LogP) is 5.76. The summed E-state index contributed by atoms with van der Waals surface area (Å²) in [5.74, 6) is -0.199. The third kappa shape index (κ3) is 4.05. The van der Waals surface area contributed by atoms with Crippen molar-refractivity contribution in [2.45, 2.75) is 34.3 Å². The van der Waals surface area contributed by atoms with E-state index in [9.17, 15) is 8.78 Å². The summed E-state index contributed by atoms with van der Waals surface area (Å²) in [6.45, 7) is 4.89. The summed E-state index contributed by atoms with van der Waals surface area (Å²) in [5, 5.41) is 0.801. The van der Waals surface area contributed by atoms with Gasteiger partial charge < -0.3 is 4.74 Å². The largest absolute Gasteiger partial charge is 0.415 e. The van der Waals surface area contributed by atoms with E-state index in [1.165, 1.54) is 17.5 Å². The van der Waals surface area contributed by atoms with Crippen LogP contribution in [0.1, 0.15) is 25.1 Å². The second-order valence-electron chi connectivity index (χ2n) is 4.65. The summed E-state index contributed by atoms with van der Waals surface area (Å²) >= 11 is 4.94. The highest BCUT2D eigenvalue weighted by Crippen LogP contribution is 2.35. The van der Waals surface area contributed by atoms with Crippen LogP contribution in [0.3, 0.4) is 0 Å². The Hall–Kier alpha value is -1.67. The molecule has 3 rings (SSSR count). The van der Waals surface area contributed by atoms with Gasteiger partial charge in [-0.25, -0.2) is 15.0 Å². The molecule has 0 aliphatic carbocycles. The summed E-state index contributed by atoms with van der Waals surface area (Å²) < 4.78 is 29.8. The van der Waals surface area contributed by atoms with E-state index in [2.05, 4.69) is 35.6 Å². The highest BCUT2D eigenvalue weighted by atomic mass is 79.9. The molecular formula is C16H16BrF2N3OS. The molecule has 0 saturated heterocycles. The van der Waals surface area contributed by atoms with Crippen molar-refractivity contribution in [3.8, 4) is 16.5 Å². The second-order valence-corrected chi connectivity index (χ2v) is 6.96. The molecule has 0 aliphatic rings. The number of nitrogens with zero attached hydrogens (tertiary/aromatic N) is 3. The molecule has 2 heterocycles. The lowest BCUT2D eigenvalue weighted by molar-refractivity contribution is -0.0528. The number of aryl methyl sites for hydroxylation is 2. The highest BCUT2D eigenvalue weighted by Gasteiger charge is 2.15. The molecule has 0 aliphatic heterocycles. The predicted molar refractivity (Wildman–Crippen MR) is 95.8 cm³/mol. The van der Waals surface area contributed by atoms with E-state index in [1.807, 2.05) is 33.8 Å². The quantitative estimate of drug-likeness (QED) is 0.545. The lowest BCUT2D eigenvalue weighted by Gasteiger charge is -2.07. The van der Waals surface area contributed by atoms with Gasteiger partial charge in [0.25, 0.3) is 0 Å². The molecule has 1 aromatic carbocycles. The number of fused-ring (bicyclic) bond motifs is 1. The Bertz CT molecular complexity index is 835. The molecule has 0 N–H and O–H groups in total. The minimum Gasteiger partial charge on any atom is -0.415 e. The third-order valence-electron chi connectivity index (χ3n) is 2.95. The summed E-state index contributed by atoms with van der Waals surface area (Å²) in [4.78, 5) is 12.8. The first-order chi connectivity index (χ1) is 11.4. The number of aromatic nitrogens is 3. The summed E-state index contributed by atoms with van der Waals surface area (Å²) in [7, 11) is 0. The monoisotopic (exact) mass is 415 g/mol. The molecule has 8 heteroatoms. The van der Waals surface area contributed by atoms with Gasteiger partial charge in [0.05, 0.1) is 26.7 Å². The fourth-order valence-corrected chi connectivity index (χ4v) is 3.41. The van der Waals surface area contributed by atoms with Crippen LogP contribution >= 0.6 is 27.3 Å². The number of halogens is 3. The normalized spacial score (nSPS) is 10.7. The average molecular weight is 416 g/mol. The van der Waals surface area contributed by atoms with Gasteiger partial charge in [0, 0.05) is 5.56 Å². The minimum atomic E-state index is -2.92. The maximum Gasteiger partial charge on any atom is 0.388 e. The smallest absolute Gasteiger partial charge is 0.388 e. The van der Waals surface area contributed by atoms with Crippen LogP contribution in [0.2, 0.25) is 0 Å². The van der Waals surface area contributed by atoms with Crippen LogP contribution in [0.25, 0.3) is 21.6 Å². The maximum absolute atomic E-state index is 12.3. The summed E-state index contributed by atoms with van der Waals surface area (Å²) in [5.41, 5.74) is 3.76. The number of alkyl halides is 2.